The summed E-state index contributed by atoms with van der Waals surface area (Å²) < 4.78 is 5.49. The highest BCUT2D eigenvalue weighted by atomic mass is 16.5. The van der Waals surface area contributed by atoms with Crippen LogP contribution in [0.3, 0.4) is 0 Å². The summed E-state index contributed by atoms with van der Waals surface area (Å²) in [6.07, 6.45) is 82.8. The normalized spacial score (nSPS) is 12.9. The van der Waals surface area contributed by atoms with Crippen LogP contribution in [0.4, 0.5) is 0 Å². The minimum atomic E-state index is -0.667. The van der Waals surface area contributed by atoms with E-state index in [1.807, 2.05) is 0 Å². The molecule has 0 saturated carbocycles. The van der Waals surface area contributed by atoms with Crippen LogP contribution in [0.2, 0.25) is 0 Å². The Labute approximate surface area is 467 Å². The van der Waals surface area contributed by atoms with Crippen molar-refractivity contribution >= 4 is 11.9 Å². The third-order valence-electron chi connectivity index (χ3n) is 15.4. The number of amides is 1. The third kappa shape index (κ3) is 60.9. The molecular formula is C69H129NO5. The van der Waals surface area contributed by atoms with Crippen LogP contribution in [-0.2, 0) is 14.3 Å². The van der Waals surface area contributed by atoms with Gasteiger partial charge in [0.1, 0.15) is 0 Å². The molecule has 0 heterocycles. The fourth-order valence-electron chi connectivity index (χ4n) is 10.2. The van der Waals surface area contributed by atoms with Gasteiger partial charge in [0.05, 0.1) is 25.4 Å². The zero-order valence-electron chi connectivity index (χ0n) is 50.3. The summed E-state index contributed by atoms with van der Waals surface area (Å²) in [5, 5.41) is 23.3. The molecule has 0 radical (unpaired) electrons. The van der Waals surface area contributed by atoms with Crippen LogP contribution in [0, 0.1) is 0 Å². The molecule has 6 heteroatoms. The largest absolute Gasteiger partial charge is 0.466 e. The lowest BCUT2D eigenvalue weighted by Gasteiger charge is -2.22. The summed E-state index contributed by atoms with van der Waals surface area (Å²) in [5.74, 6) is -0.0343. The summed E-state index contributed by atoms with van der Waals surface area (Å²) in [5.41, 5.74) is 0. The summed E-state index contributed by atoms with van der Waals surface area (Å²) in [6, 6.07) is -0.544. The lowest BCUT2D eigenvalue weighted by molar-refractivity contribution is -0.143. The second-order valence-corrected chi connectivity index (χ2v) is 22.8. The topological polar surface area (TPSA) is 95.9 Å². The summed E-state index contributed by atoms with van der Waals surface area (Å²) in [6.45, 7) is 4.93. The van der Waals surface area contributed by atoms with E-state index < -0.39 is 12.1 Å². The maximum Gasteiger partial charge on any atom is 0.305 e. The first-order valence-corrected chi connectivity index (χ1v) is 33.4. The molecule has 0 aromatic heterocycles. The van der Waals surface area contributed by atoms with Crippen molar-refractivity contribution in [3.8, 4) is 0 Å². The summed E-state index contributed by atoms with van der Waals surface area (Å²) in [7, 11) is 0. The van der Waals surface area contributed by atoms with Crippen molar-refractivity contribution in [2.75, 3.05) is 13.2 Å². The van der Waals surface area contributed by atoms with Crippen LogP contribution in [-0.4, -0.2) is 47.4 Å². The van der Waals surface area contributed by atoms with Gasteiger partial charge in [-0.1, -0.05) is 300 Å². The molecular weight excluding hydrogens is 923 g/mol. The molecule has 0 fully saturated rings. The molecule has 0 aliphatic heterocycles. The Morgan fingerprint density at radius 3 is 1.04 bits per heavy atom. The van der Waals surface area contributed by atoms with Gasteiger partial charge in [-0.3, -0.25) is 9.59 Å². The highest BCUT2D eigenvalue weighted by molar-refractivity contribution is 5.76. The van der Waals surface area contributed by atoms with Gasteiger partial charge in [-0.05, 0) is 89.9 Å². The molecule has 3 N–H and O–H groups in total. The number of unbranched alkanes of at least 4 members (excludes halogenated alkanes) is 43. The Morgan fingerprint density at radius 2 is 0.667 bits per heavy atom. The minimum Gasteiger partial charge on any atom is -0.466 e. The lowest BCUT2D eigenvalue weighted by atomic mass is 10.0. The highest BCUT2D eigenvalue weighted by Crippen LogP contribution is 2.18. The van der Waals surface area contributed by atoms with Gasteiger partial charge in [-0.25, -0.2) is 0 Å². The average Bonchev–Trinajstić information content (AvgIpc) is 3.41. The molecule has 0 aromatic carbocycles. The summed E-state index contributed by atoms with van der Waals surface area (Å²) in [4.78, 5) is 24.6. The number of rotatable bonds is 62. The van der Waals surface area contributed by atoms with Crippen LogP contribution in [0.15, 0.2) is 48.6 Å². The first kappa shape index (κ1) is 72.8. The van der Waals surface area contributed by atoms with E-state index in [2.05, 4.69) is 67.8 Å². The van der Waals surface area contributed by atoms with Crippen molar-refractivity contribution in [1.29, 1.82) is 0 Å². The van der Waals surface area contributed by atoms with Crippen LogP contribution in [0.1, 0.15) is 354 Å². The quantitative estimate of drug-likeness (QED) is 0.0320. The Balaban J connectivity index is 3.41. The van der Waals surface area contributed by atoms with Gasteiger partial charge in [0.25, 0.3) is 0 Å². The number of allylic oxidation sites excluding steroid dienone is 8. The smallest absolute Gasteiger partial charge is 0.305 e. The van der Waals surface area contributed by atoms with Gasteiger partial charge in [-0.15, -0.1) is 0 Å². The Morgan fingerprint density at radius 1 is 0.373 bits per heavy atom. The molecule has 6 nitrogen and oxygen atoms in total. The SMILES string of the molecule is CCCCC/C=C\C/C=C\CCCCCCCCCC(=O)OCCCCCCCCCCC/C=C\C/C=C\CCCCCCCCCCCCCC(=O)NC(CO)C(O)CCCCCCCCCCCCCCCC. The van der Waals surface area contributed by atoms with Crippen LogP contribution < -0.4 is 5.32 Å². The van der Waals surface area contributed by atoms with E-state index in [-0.39, 0.29) is 18.5 Å². The summed E-state index contributed by atoms with van der Waals surface area (Å²) >= 11 is 0. The fourth-order valence-corrected chi connectivity index (χ4v) is 10.2. The molecule has 75 heavy (non-hydrogen) atoms. The molecule has 2 unspecified atom stereocenters. The number of nitrogens with one attached hydrogen (secondary N) is 1. The maximum absolute atomic E-state index is 12.5. The fraction of sp³-hybridized carbons (Fsp3) is 0.855. The van der Waals surface area contributed by atoms with E-state index >= 15 is 0 Å². The number of aliphatic hydroxyl groups excluding tert-OH is 2. The van der Waals surface area contributed by atoms with Gasteiger partial charge in [0, 0.05) is 12.8 Å². The van der Waals surface area contributed by atoms with Crippen LogP contribution in [0.5, 0.6) is 0 Å². The molecule has 0 aliphatic rings. The van der Waals surface area contributed by atoms with Gasteiger partial charge >= 0.3 is 5.97 Å². The van der Waals surface area contributed by atoms with Crippen molar-refractivity contribution in [1.82, 2.24) is 5.32 Å². The Kier molecular flexibility index (Phi) is 62.5. The molecule has 0 rings (SSSR count). The number of hydrogen-bond acceptors (Lipinski definition) is 5. The second-order valence-electron chi connectivity index (χ2n) is 22.8. The number of hydrogen-bond donors (Lipinski definition) is 3. The number of esters is 1. The number of carbonyl (C=O) groups excluding carboxylic acids is 2. The highest BCUT2D eigenvalue weighted by Gasteiger charge is 2.20. The predicted molar refractivity (Wildman–Crippen MR) is 329 cm³/mol. The van der Waals surface area contributed by atoms with E-state index in [9.17, 15) is 19.8 Å². The predicted octanol–water partition coefficient (Wildman–Crippen LogP) is 21.3. The van der Waals surface area contributed by atoms with Crippen molar-refractivity contribution in [3.63, 3.8) is 0 Å². The minimum absolute atomic E-state index is 0.00283. The third-order valence-corrected chi connectivity index (χ3v) is 15.4. The van der Waals surface area contributed by atoms with E-state index in [1.54, 1.807) is 0 Å². The molecule has 0 saturated heterocycles. The zero-order valence-corrected chi connectivity index (χ0v) is 50.3. The molecule has 0 spiro atoms. The monoisotopic (exact) mass is 1050 g/mol. The molecule has 0 aromatic rings. The standard InChI is InChI=1S/C69H129NO5/c1-3-5-7-9-11-13-15-17-19-31-35-39-43-47-51-55-59-63-69(74)75-64-60-56-52-48-44-40-36-33-30-28-26-24-22-20-21-23-25-27-29-32-34-38-42-46-50-54-58-62-68(73)70-66(65-71)67(72)61-57-53-49-45-41-37-18-16-14-12-10-8-6-4-2/h11,13,17,19-21,24,26,66-67,71-72H,3-10,12,14-16,18,22-23,25,27-65H2,1-2H3,(H,70,73)/b13-11-,19-17-,21-20-,26-24-. The van der Waals surface area contributed by atoms with E-state index in [0.29, 0.717) is 25.9 Å². The van der Waals surface area contributed by atoms with Crippen molar-refractivity contribution in [3.05, 3.63) is 48.6 Å². The van der Waals surface area contributed by atoms with Gasteiger partial charge < -0.3 is 20.3 Å². The molecule has 440 valence electrons. The number of aliphatic hydroxyl groups is 2. The number of ether oxygens (including phenoxy) is 1. The molecule has 0 aliphatic carbocycles. The van der Waals surface area contributed by atoms with Crippen molar-refractivity contribution in [2.45, 2.75) is 366 Å². The van der Waals surface area contributed by atoms with Gasteiger partial charge in [0.2, 0.25) is 5.91 Å². The van der Waals surface area contributed by atoms with Crippen LogP contribution in [0.25, 0.3) is 0 Å². The van der Waals surface area contributed by atoms with Gasteiger partial charge in [-0.2, -0.15) is 0 Å². The maximum atomic E-state index is 12.5. The van der Waals surface area contributed by atoms with E-state index in [4.69, 9.17) is 4.74 Å². The zero-order chi connectivity index (χ0) is 54.3. The van der Waals surface area contributed by atoms with Gasteiger partial charge in [0.15, 0.2) is 0 Å². The van der Waals surface area contributed by atoms with Crippen LogP contribution >= 0.6 is 0 Å². The molecule has 2 atom stereocenters. The molecule has 1 amide bonds. The molecule has 0 bridgehead atoms. The second kappa shape index (κ2) is 64.3. The first-order valence-electron chi connectivity index (χ1n) is 33.4. The Bertz CT molecular complexity index is 1260. The number of carbonyl (C=O) groups is 2. The first-order chi connectivity index (χ1) is 37.0. The van der Waals surface area contributed by atoms with E-state index in [0.717, 1.165) is 57.8 Å². The Hall–Kier alpha value is -2.18. The average molecular weight is 1050 g/mol. The van der Waals surface area contributed by atoms with Crippen molar-refractivity contribution in [2.24, 2.45) is 0 Å². The van der Waals surface area contributed by atoms with E-state index in [1.165, 1.54) is 263 Å². The lowest BCUT2D eigenvalue weighted by Crippen LogP contribution is -2.45. The van der Waals surface area contributed by atoms with Crippen molar-refractivity contribution < 1.29 is 24.5 Å².